The summed E-state index contributed by atoms with van der Waals surface area (Å²) in [5.41, 5.74) is -2.48. The number of halogens is 4. The van der Waals surface area contributed by atoms with Gasteiger partial charge in [-0.25, -0.2) is 22.4 Å². The Bertz CT molecular complexity index is 376. The first-order chi connectivity index (χ1) is 6.45. The molecule has 1 N–H and O–H groups in total. The van der Waals surface area contributed by atoms with Crippen LogP contribution in [0.5, 0.6) is 0 Å². The van der Waals surface area contributed by atoms with Gasteiger partial charge in [0.05, 0.1) is 11.1 Å². The molecule has 0 bridgehead atoms. The lowest BCUT2D eigenvalue weighted by atomic mass is 10.1. The van der Waals surface area contributed by atoms with Gasteiger partial charge >= 0.3 is 5.97 Å². The normalized spacial score (nSPS) is 10.6. The van der Waals surface area contributed by atoms with Gasteiger partial charge in [-0.1, -0.05) is 0 Å². The molecule has 0 unspecified atom stereocenters. The van der Waals surface area contributed by atoms with E-state index in [9.17, 15) is 22.4 Å². The highest BCUT2D eigenvalue weighted by Gasteiger charge is 2.24. The van der Waals surface area contributed by atoms with E-state index >= 15 is 0 Å². The van der Waals surface area contributed by atoms with Crippen molar-refractivity contribution >= 4 is 5.97 Å². The first kappa shape index (κ1) is 10.5. The van der Waals surface area contributed by atoms with Crippen LogP contribution in [0.1, 0.15) is 22.3 Å². The number of alkyl halides is 2. The molecule has 0 fully saturated rings. The lowest BCUT2D eigenvalue weighted by Crippen LogP contribution is -2.06. The number of carboxylic acids is 1. The molecule has 0 atom stereocenters. The first-order valence-electron chi connectivity index (χ1n) is 3.44. The minimum absolute atomic E-state index is 0.494. The Morgan fingerprint density at radius 2 is 1.86 bits per heavy atom. The third-order valence-corrected chi connectivity index (χ3v) is 1.58. The summed E-state index contributed by atoms with van der Waals surface area (Å²) in [6.07, 6.45) is -3.38. The Morgan fingerprint density at radius 1 is 1.29 bits per heavy atom. The molecule has 0 aliphatic heterocycles. The molecule has 0 spiro atoms. The molecule has 0 saturated heterocycles. The van der Waals surface area contributed by atoms with Crippen molar-refractivity contribution in [3.8, 4) is 0 Å². The molecule has 1 rings (SSSR count). The summed E-state index contributed by atoms with van der Waals surface area (Å²) in [4.78, 5) is 10.3. The molecular weight excluding hydrogens is 204 g/mol. The standard InChI is InChI=1S/C8H4F4O2/c9-4-2-1-3(8(13)14)6(10)5(4)7(11)12/h1-2,7H,(H,13,14). The monoisotopic (exact) mass is 208 g/mol. The van der Waals surface area contributed by atoms with E-state index < -0.39 is 35.2 Å². The second-order valence-electron chi connectivity index (χ2n) is 2.43. The molecule has 0 aromatic heterocycles. The van der Waals surface area contributed by atoms with E-state index in [0.717, 1.165) is 0 Å². The van der Waals surface area contributed by atoms with Crippen molar-refractivity contribution in [1.29, 1.82) is 0 Å². The number of rotatable bonds is 2. The average Bonchev–Trinajstić information content (AvgIpc) is 2.02. The van der Waals surface area contributed by atoms with E-state index in [1.165, 1.54) is 0 Å². The number of carbonyl (C=O) groups is 1. The first-order valence-corrected chi connectivity index (χ1v) is 3.44. The molecule has 6 heteroatoms. The lowest BCUT2D eigenvalue weighted by Gasteiger charge is -2.05. The molecule has 0 heterocycles. The van der Waals surface area contributed by atoms with Crippen LogP contribution in [0.4, 0.5) is 17.6 Å². The van der Waals surface area contributed by atoms with Crippen LogP contribution in [0, 0.1) is 11.6 Å². The highest BCUT2D eigenvalue weighted by atomic mass is 19.3. The van der Waals surface area contributed by atoms with Crippen LogP contribution < -0.4 is 0 Å². The summed E-state index contributed by atoms with van der Waals surface area (Å²) in [6, 6.07) is 1.09. The van der Waals surface area contributed by atoms with E-state index in [2.05, 4.69) is 0 Å². The Balaban J connectivity index is 3.41. The highest BCUT2D eigenvalue weighted by molar-refractivity contribution is 5.88. The lowest BCUT2D eigenvalue weighted by molar-refractivity contribution is 0.0690. The molecule has 14 heavy (non-hydrogen) atoms. The molecule has 1 aromatic carbocycles. The van der Waals surface area contributed by atoms with E-state index in [0.29, 0.717) is 12.1 Å². The summed E-state index contributed by atoms with van der Waals surface area (Å²) < 4.78 is 49.7. The van der Waals surface area contributed by atoms with Gasteiger partial charge in [-0.3, -0.25) is 0 Å². The predicted molar refractivity (Wildman–Crippen MR) is 38.3 cm³/mol. The summed E-state index contributed by atoms with van der Waals surface area (Å²) in [5, 5.41) is 8.36. The zero-order valence-corrected chi connectivity index (χ0v) is 6.60. The van der Waals surface area contributed by atoms with Gasteiger partial charge in [-0.2, -0.15) is 0 Å². The highest BCUT2D eigenvalue weighted by Crippen LogP contribution is 2.26. The molecule has 0 aliphatic carbocycles. The summed E-state index contributed by atoms with van der Waals surface area (Å²) in [7, 11) is 0. The van der Waals surface area contributed by atoms with Gasteiger partial charge in [0.25, 0.3) is 6.43 Å². The fraction of sp³-hybridized carbons (Fsp3) is 0.125. The maximum Gasteiger partial charge on any atom is 0.338 e. The van der Waals surface area contributed by atoms with Crippen molar-refractivity contribution in [2.45, 2.75) is 6.43 Å². The maximum atomic E-state index is 12.9. The Kier molecular flexibility index (Phi) is 2.73. The van der Waals surface area contributed by atoms with Crippen LogP contribution in [0.3, 0.4) is 0 Å². The van der Waals surface area contributed by atoms with Crippen LogP contribution >= 0.6 is 0 Å². The minimum atomic E-state index is -3.38. The molecule has 2 nitrogen and oxygen atoms in total. The zero-order valence-electron chi connectivity index (χ0n) is 6.60. The molecule has 0 amide bonds. The third kappa shape index (κ3) is 1.68. The Labute approximate surface area is 75.8 Å². The average molecular weight is 208 g/mol. The van der Waals surface area contributed by atoms with Crippen molar-refractivity contribution in [1.82, 2.24) is 0 Å². The van der Waals surface area contributed by atoms with Gasteiger partial charge in [0.1, 0.15) is 11.6 Å². The maximum absolute atomic E-state index is 12.9. The molecule has 76 valence electrons. The van der Waals surface area contributed by atoms with Crippen molar-refractivity contribution in [3.05, 3.63) is 34.9 Å². The van der Waals surface area contributed by atoms with Gasteiger partial charge in [0.15, 0.2) is 0 Å². The van der Waals surface area contributed by atoms with Crippen molar-refractivity contribution in [2.24, 2.45) is 0 Å². The van der Waals surface area contributed by atoms with E-state index in [4.69, 9.17) is 5.11 Å². The number of benzene rings is 1. The molecule has 0 radical (unpaired) electrons. The van der Waals surface area contributed by atoms with E-state index in [1.807, 2.05) is 0 Å². The molecule has 1 aromatic rings. The Hall–Kier alpha value is -1.59. The van der Waals surface area contributed by atoms with Crippen molar-refractivity contribution in [3.63, 3.8) is 0 Å². The largest absolute Gasteiger partial charge is 0.478 e. The van der Waals surface area contributed by atoms with Gasteiger partial charge < -0.3 is 5.11 Å². The molecular formula is C8H4F4O2. The topological polar surface area (TPSA) is 37.3 Å². The summed E-state index contributed by atoms with van der Waals surface area (Å²) in [6.45, 7) is 0. The quantitative estimate of drug-likeness (QED) is 0.758. The smallest absolute Gasteiger partial charge is 0.338 e. The fourth-order valence-corrected chi connectivity index (χ4v) is 0.935. The van der Waals surface area contributed by atoms with Crippen LogP contribution in [-0.2, 0) is 0 Å². The number of hydrogen-bond acceptors (Lipinski definition) is 1. The van der Waals surface area contributed by atoms with Crippen molar-refractivity contribution < 1.29 is 27.5 Å². The third-order valence-electron chi connectivity index (χ3n) is 1.58. The van der Waals surface area contributed by atoms with Gasteiger partial charge in [0.2, 0.25) is 0 Å². The SMILES string of the molecule is O=C(O)c1ccc(F)c(C(F)F)c1F. The van der Waals surface area contributed by atoms with Crippen LogP contribution in [0.25, 0.3) is 0 Å². The summed E-state index contributed by atoms with van der Waals surface area (Å²) >= 11 is 0. The number of carboxylic acid groups (broad SMARTS) is 1. The predicted octanol–water partition coefficient (Wildman–Crippen LogP) is 2.60. The number of hydrogen-bond donors (Lipinski definition) is 1. The second-order valence-corrected chi connectivity index (χ2v) is 2.43. The number of aromatic carboxylic acids is 1. The van der Waals surface area contributed by atoms with Gasteiger partial charge in [0, 0.05) is 0 Å². The van der Waals surface area contributed by atoms with Crippen LogP contribution in [0.15, 0.2) is 12.1 Å². The molecule has 0 saturated carbocycles. The van der Waals surface area contributed by atoms with E-state index in [-0.39, 0.29) is 0 Å². The van der Waals surface area contributed by atoms with Crippen molar-refractivity contribution in [2.75, 3.05) is 0 Å². The minimum Gasteiger partial charge on any atom is -0.478 e. The Morgan fingerprint density at radius 3 is 2.29 bits per heavy atom. The van der Waals surface area contributed by atoms with Crippen LogP contribution in [0.2, 0.25) is 0 Å². The second kappa shape index (κ2) is 3.65. The van der Waals surface area contributed by atoms with E-state index in [1.54, 1.807) is 0 Å². The molecule has 0 aliphatic rings. The zero-order chi connectivity index (χ0) is 10.9. The van der Waals surface area contributed by atoms with Gasteiger partial charge in [-0.15, -0.1) is 0 Å². The van der Waals surface area contributed by atoms with Gasteiger partial charge in [-0.05, 0) is 12.1 Å². The fourth-order valence-electron chi connectivity index (χ4n) is 0.935. The van der Waals surface area contributed by atoms with Crippen LogP contribution in [-0.4, -0.2) is 11.1 Å². The summed E-state index contributed by atoms with van der Waals surface area (Å²) in [5.74, 6) is -4.90.